The number of non-ortho nitro benzene ring substituents is 1. The van der Waals surface area contributed by atoms with Crippen molar-refractivity contribution in [3.8, 4) is 0 Å². The first-order valence-electron chi connectivity index (χ1n) is 10.3. The number of amides is 1. The minimum atomic E-state index is -0.831. The topological polar surface area (TPSA) is 104 Å². The smallest absolute Gasteiger partial charge is 0.295 e. The van der Waals surface area contributed by atoms with E-state index in [2.05, 4.69) is 4.90 Å². The van der Waals surface area contributed by atoms with Crippen molar-refractivity contribution in [3.63, 3.8) is 0 Å². The maximum atomic E-state index is 13.0. The number of aliphatic hydroxyl groups excluding tert-OH is 1. The van der Waals surface area contributed by atoms with Crippen molar-refractivity contribution >= 4 is 34.7 Å². The maximum absolute atomic E-state index is 13.0. The van der Waals surface area contributed by atoms with Crippen molar-refractivity contribution in [1.29, 1.82) is 0 Å². The Kier molecular flexibility index (Phi) is 7.27. The number of nitro benzene ring substituents is 1. The zero-order valence-corrected chi connectivity index (χ0v) is 18.6. The van der Waals surface area contributed by atoms with E-state index in [1.54, 1.807) is 24.3 Å². The highest BCUT2D eigenvalue weighted by Crippen LogP contribution is 2.39. The number of ketones is 1. The number of nitrogens with zero attached hydrogens (tertiary/aromatic N) is 3. The Morgan fingerprint density at radius 3 is 2.41 bits per heavy atom. The summed E-state index contributed by atoms with van der Waals surface area (Å²) in [6.07, 6.45) is 0. The quantitative estimate of drug-likeness (QED) is 0.211. The summed E-state index contributed by atoms with van der Waals surface area (Å²) in [5.74, 6) is -1.99. The van der Waals surface area contributed by atoms with Crippen LogP contribution < -0.4 is 0 Å². The van der Waals surface area contributed by atoms with E-state index in [0.29, 0.717) is 17.1 Å². The van der Waals surface area contributed by atoms with Gasteiger partial charge < -0.3 is 14.9 Å². The molecule has 1 aliphatic heterocycles. The van der Waals surface area contributed by atoms with Crippen LogP contribution in [0.15, 0.2) is 54.1 Å². The molecule has 0 aliphatic carbocycles. The predicted octanol–water partition coefficient (Wildman–Crippen LogP) is 4.01. The van der Waals surface area contributed by atoms with Gasteiger partial charge in [-0.15, -0.1) is 0 Å². The number of halogens is 1. The first-order chi connectivity index (χ1) is 15.3. The molecule has 1 aliphatic rings. The van der Waals surface area contributed by atoms with Crippen LogP contribution in [-0.4, -0.2) is 57.7 Å². The monoisotopic (exact) mass is 457 g/mol. The first-order valence-corrected chi connectivity index (χ1v) is 10.7. The molecule has 1 unspecified atom stereocenters. The Morgan fingerprint density at radius 2 is 1.81 bits per heavy atom. The predicted molar refractivity (Wildman–Crippen MR) is 121 cm³/mol. The van der Waals surface area contributed by atoms with Gasteiger partial charge in [-0.25, -0.2) is 0 Å². The number of rotatable bonds is 8. The average molecular weight is 458 g/mol. The summed E-state index contributed by atoms with van der Waals surface area (Å²) < 4.78 is 0. The Hall–Kier alpha value is -3.23. The number of carbonyl (C=O) groups excluding carboxylic acids is 2. The third-order valence-electron chi connectivity index (χ3n) is 5.61. The van der Waals surface area contributed by atoms with Crippen molar-refractivity contribution < 1.29 is 19.6 Å². The summed E-state index contributed by atoms with van der Waals surface area (Å²) >= 11 is 6.01. The molecule has 1 heterocycles. The number of Topliss-reactive ketones (excluding diaryl/α,β-unsaturated/α-hetero) is 1. The van der Waals surface area contributed by atoms with Gasteiger partial charge >= 0.3 is 0 Å². The Morgan fingerprint density at radius 1 is 1.16 bits per heavy atom. The third kappa shape index (κ3) is 4.66. The molecular formula is C23H24ClN3O5. The summed E-state index contributed by atoms with van der Waals surface area (Å²) in [7, 11) is 0. The van der Waals surface area contributed by atoms with Gasteiger partial charge in [-0.2, -0.15) is 0 Å². The fourth-order valence-corrected chi connectivity index (χ4v) is 3.94. The number of likely N-dealkylation sites (N-methyl/N-ethyl adjacent to an activating group) is 1. The highest BCUT2D eigenvalue weighted by atomic mass is 35.5. The Balaban J connectivity index is 2.12. The minimum Gasteiger partial charge on any atom is -0.507 e. The molecule has 2 aromatic rings. The summed E-state index contributed by atoms with van der Waals surface area (Å²) in [6, 6.07) is 11.2. The molecule has 2 aromatic carbocycles. The van der Waals surface area contributed by atoms with Crippen molar-refractivity contribution in [1.82, 2.24) is 9.80 Å². The summed E-state index contributed by atoms with van der Waals surface area (Å²) in [6.45, 7) is 6.44. The van der Waals surface area contributed by atoms with Gasteiger partial charge in [0.15, 0.2) is 0 Å². The van der Waals surface area contributed by atoms with Crippen LogP contribution in [0.4, 0.5) is 5.69 Å². The first kappa shape index (κ1) is 23.4. The normalized spacial score (nSPS) is 17.9. The molecule has 0 bridgehead atoms. The summed E-state index contributed by atoms with van der Waals surface area (Å²) in [5.41, 5.74) is 0.380. The minimum absolute atomic E-state index is 0.0971. The molecule has 0 spiro atoms. The van der Waals surface area contributed by atoms with Gasteiger partial charge in [0.25, 0.3) is 17.4 Å². The van der Waals surface area contributed by atoms with Crippen LogP contribution in [0.5, 0.6) is 0 Å². The largest absolute Gasteiger partial charge is 0.507 e. The highest BCUT2D eigenvalue weighted by molar-refractivity contribution is 6.46. The molecule has 1 atom stereocenters. The average Bonchev–Trinajstić information content (AvgIpc) is 3.04. The standard InChI is InChI=1S/C23H24ClN3O5/c1-3-25(4-2)12-13-26-20(15-8-10-17(24)11-9-15)19(22(29)23(26)30)21(28)16-6-5-7-18(14-16)27(31)32/h5-11,14,20,28H,3-4,12-13H2,1-2H3/b21-19-. The van der Waals surface area contributed by atoms with E-state index in [1.165, 1.54) is 29.2 Å². The SMILES string of the molecule is CCN(CC)CCN1C(=O)C(=O)/C(=C(\O)c2cccc([N+](=O)[O-])c2)C1c1ccc(Cl)cc1. The van der Waals surface area contributed by atoms with Gasteiger partial charge in [0.05, 0.1) is 16.5 Å². The zero-order valence-electron chi connectivity index (χ0n) is 17.8. The molecular weight excluding hydrogens is 434 g/mol. The number of hydrogen-bond acceptors (Lipinski definition) is 6. The maximum Gasteiger partial charge on any atom is 0.295 e. The van der Waals surface area contributed by atoms with Gasteiger partial charge in [-0.3, -0.25) is 19.7 Å². The van der Waals surface area contributed by atoms with Crippen LogP contribution >= 0.6 is 11.6 Å². The third-order valence-corrected chi connectivity index (χ3v) is 5.86. The summed E-state index contributed by atoms with van der Waals surface area (Å²) in [5, 5.41) is 22.7. The second-order valence-corrected chi connectivity index (χ2v) is 7.81. The Bertz CT molecular complexity index is 1060. The molecule has 168 valence electrons. The highest BCUT2D eigenvalue weighted by Gasteiger charge is 2.46. The van der Waals surface area contributed by atoms with Crippen molar-refractivity contribution in [2.45, 2.75) is 19.9 Å². The second kappa shape index (κ2) is 9.93. The van der Waals surface area contributed by atoms with Crippen molar-refractivity contribution in [3.05, 3.63) is 80.4 Å². The Labute approximate surface area is 190 Å². The number of hydrogen-bond donors (Lipinski definition) is 1. The molecule has 1 saturated heterocycles. The molecule has 1 fully saturated rings. The van der Waals surface area contributed by atoms with E-state index < -0.39 is 28.4 Å². The van der Waals surface area contributed by atoms with Crippen molar-refractivity contribution in [2.24, 2.45) is 0 Å². The lowest BCUT2D eigenvalue weighted by molar-refractivity contribution is -0.384. The molecule has 0 saturated carbocycles. The van der Waals surface area contributed by atoms with Crippen LogP contribution in [0.2, 0.25) is 5.02 Å². The number of benzene rings is 2. The van der Waals surface area contributed by atoms with Crippen LogP contribution in [0.25, 0.3) is 5.76 Å². The molecule has 1 N–H and O–H groups in total. The second-order valence-electron chi connectivity index (χ2n) is 7.38. The van der Waals surface area contributed by atoms with Gasteiger partial charge in [-0.1, -0.05) is 49.7 Å². The van der Waals surface area contributed by atoms with E-state index in [0.717, 1.165) is 13.1 Å². The van der Waals surface area contributed by atoms with E-state index in [-0.39, 0.29) is 23.4 Å². The number of carbonyl (C=O) groups is 2. The van der Waals surface area contributed by atoms with Gasteiger partial charge in [-0.05, 0) is 30.8 Å². The molecule has 9 heteroatoms. The van der Waals surface area contributed by atoms with Crippen molar-refractivity contribution in [2.75, 3.05) is 26.2 Å². The van der Waals surface area contributed by atoms with Gasteiger partial charge in [0, 0.05) is 35.8 Å². The number of aliphatic hydroxyl groups is 1. The fraction of sp³-hybridized carbons (Fsp3) is 0.304. The van der Waals surface area contributed by atoms with Crippen LogP contribution in [0.1, 0.15) is 31.0 Å². The van der Waals surface area contributed by atoms with Crippen LogP contribution in [-0.2, 0) is 9.59 Å². The molecule has 0 aromatic heterocycles. The lowest BCUT2D eigenvalue weighted by Crippen LogP contribution is -2.38. The van der Waals surface area contributed by atoms with Crippen LogP contribution in [0.3, 0.4) is 0 Å². The molecule has 32 heavy (non-hydrogen) atoms. The van der Waals surface area contributed by atoms with E-state index in [1.807, 2.05) is 13.8 Å². The van der Waals surface area contributed by atoms with Gasteiger partial charge in [0.1, 0.15) is 5.76 Å². The van der Waals surface area contributed by atoms with Gasteiger partial charge in [0.2, 0.25) is 0 Å². The van der Waals surface area contributed by atoms with E-state index in [9.17, 15) is 24.8 Å². The molecule has 8 nitrogen and oxygen atoms in total. The molecule has 1 amide bonds. The fourth-order valence-electron chi connectivity index (χ4n) is 3.81. The lowest BCUT2D eigenvalue weighted by Gasteiger charge is -2.28. The molecule has 3 rings (SSSR count). The van der Waals surface area contributed by atoms with Crippen LogP contribution in [0, 0.1) is 10.1 Å². The lowest BCUT2D eigenvalue weighted by atomic mass is 9.95. The van der Waals surface area contributed by atoms with E-state index >= 15 is 0 Å². The number of likely N-dealkylation sites (tertiary alicyclic amines) is 1. The zero-order chi connectivity index (χ0) is 23.4. The number of nitro groups is 1. The van der Waals surface area contributed by atoms with E-state index in [4.69, 9.17) is 11.6 Å². The summed E-state index contributed by atoms with van der Waals surface area (Å²) in [4.78, 5) is 40.1. The molecule has 0 radical (unpaired) electrons.